The minimum absolute atomic E-state index is 0.0165. The molecular formula is C18H22FN5O2S. The van der Waals surface area contributed by atoms with Gasteiger partial charge in [-0.15, -0.1) is 10.2 Å². The molecule has 0 atom stereocenters. The Morgan fingerprint density at radius 2 is 2.22 bits per heavy atom. The third-order valence-corrected chi connectivity index (χ3v) is 5.16. The number of carbonyl (C=O) groups is 1. The number of carbonyl (C=O) groups excluding carboxylic acids is 1. The maximum absolute atomic E-state index is 13.6. The van der Waals surface area contributed by atoms with Gasteiger partial charge in [-0.3, -0.25) is 4.79 Å². The molecule has 0 saturated carbocycles. The van der Waals surface area contributed by atoms with Crippen molar-refractivity contribution < 1.29 is 13.9 Å². The van der Waals surface area contributed by atoms with Gasteiger partial charge in [0.15, 0.2) is 17.4 Å². The molecule has 3 rings (SSSR count). The molecule has 0 saturated heterocycles. The van der Waals surface area contributed by atoms with Crippen LogP contribution in [0.25, 0.3) is 0 Å². The fourth-order valence-electron chi connectivity index (χ4n) is 2.85. The summed E-state index contributed by atoms with van der Waals surface area (Å²) in [6, 6.07) is 6.10. The number of allylic oxidation sites excluding steroid dienone is 2. The predicted molar refractivity (Wildman–Crippen MR) is 101 cm³/mol. The van der Waals surface area contributed by atoms with Crippen molar-refractivity contribution in [2.75, 3.05) is 18.1 Å². The molecular weight excluding hydrogens is 369 g/mol. The molecule has 27 heavy (non-hydrogen) atoms. The molecule has 9 heteroatoms. The first-order valence-corrected chi connectivity index (χ1v) is 9.77. The molecule has 0 fully saturated rings. The zero-order valence-electron chi connectivity index (χ0n) is 15.1. The van der Waals surface area contributed by atoms with E-state index in [1.807, 2.05) is 6.92 Å². The van der Waals surface area contributed by atoms with Crippen LogP contribution in [0.5, 0.6) is 5.75 Å². The molecule has 0 spiro atoms. The Balaban J connectivity index is 1.57. The van der Waals surface area contributed by atoms with Crippen molar-refractivity contribution in [1.82, 2.24) is 19.8 Å². The van der Waals surface area contributed by atoms with Crippen LogP contribution in [0.1, 0.15) is 32.0 Å². The summed E-state index contributed by atoms with van der Waals surface area (Å²) >= 11 is 1.22. The average molecular weight is 391 g/mol. The van der Waals surface area contributed by atoms with Crippen LogP contribution in [0.2, 0.25) is 0 Å². The number of para-hydroxylation sites is 1. The van der Waals surface area contributed by atoms with Crippen molar-refractivity contribution in [2.24, 2.45) is 0 Å². The molecule has 1 aliphatic carbocycles. The fourth-order valence-corrected chi connectivity index (χ4v) is 3.60. The van der Waals surface area contributed by atoms with E-state index in [0.29, 0.717) is 17.5 Å². The summed E-state index contributed by atoms with van der Waals surface area (Å²) in [6.07, 6.45) is 5.17. The number of ether oxygens (including phenoxy) is 1. The molecule has 1 heterocycles. The SMILES string of the molecule is CCN(C(=O)CSc1nnc(COc2ccccc2F)n1N)C1=CCCC1. The quantitative estimate of drug-likeness (QED) is 0.550. The van der Waals surface area contributed by atoms with Gasteiger partial charge in [-0.25, -0.2) is 9.07 Å². The van der Waals surface area contributed by atoms with Gasteiger partial charge in [0.2, 0.25) is 11.1 Å². The maximum atomic E-state index is 13.6. The van der Waals surface area contributed by atoms with Crippen LogP contribution in [-0.2, 0) is 11.4 Å². The van der Waals surface area contributed by atoms with Gasteiger partial charge in [-0.2, -0.15) is 0 Å². The normalized spacial score (nSPS) is 13.5. The van der Waals surface area contributed by atoms with Gasteiger partial charge in [0.25, 0.3) is 0 Å². The molecule has 1 aliphatic rings. The van der Waals surface area contributed by atoms with Gasteiger partial charge in [0.1, 0.15) is 6.61 Å². The lowest BCUT2D eigenvalue weighted by Crippen LogP contribution is -2.31. The molecule has 2 N–H and O–H groups in total. The van der Waals surface area contributed by atoms with Crippen molar-refractivity contribution in [2.45, 2.75) is 37.9 Å². The van der Waals surface area contributed by atoms with E-state index in [4.69, 9.17) is 10.6 Å². The Morgan fingerprint density at radius 3 is 2.93 bits per heavy atom. The molecule has 2 aromatic rings. The third-order valence-electron chi connectivity index (χ3n) is 4.23. The highest BCUT2D eigenvalue weighted by molar-refractivity contribution is 7.99. The lowest BCUT2D eigenvalue weighted by Gasteiger charge is -2.21. The Kier molecular flexibility index (Phi) is 6.33. The first kappa shape index (κ1) is 19.2. The Labute approximate surface area is 161 Å². The average Bonchev–Trinajstić information content (AvgIpc) is 3.31. The Morgan fingerprint density at radius 1 is 1.41 bits per heavy atom. The first-order chi connectivity index (χ1) is 13.1. The standard InChI is InChI=1S/C18H22FN5O2S/c1-2-23(13-7-3-4-8-13)17(25)12-27-18-22-21-16(24(18)20)11-26-15-10-6-5-9-14(15)19/h5-7,9-10H,2-4,8,11-12,20H2,1H3. The van der Waals surface area contributed by atoms with Gasteiger partial charge in [0, 0.05) is 12.2 Å². The van der Waals surface area contributed by atoms with E-state index < -0.39 is 5.82 Å². The van der Waals surface area contributed by atoms with Crippen LogP contribution < -0.4 is 10.6 Å². The van der Waals surface area contributed by atoms with Gasteiger partial charge >= 0.3 is 0 Å². The Hall–Kier alpha value is -2.55. The van der Waals surface area contributed by atoms with E-state index in [-0.39, 0.29) is 24.0 Å². The van der Waals surface area contributed by atoms with Crippen LogP contribution in [0.4, 0.5) is 4.39 Å². The number of nitrogens with two attached hydrogens (primary N) is 1. The zero-order chi connectivity index (χ0) is 19.2. The van der Waals surface area contributed by atoms with E-state index in [9.17, 15) is 9.18 Å². The van der Waals surface area contributed by atoms with Crippen molar-refractivity contribution in [3.05, 3.63) is 47.7 Å². The van der Waals surface area contributed by atoms with Crippen LogP contribution in [0.15, 0.2) is 41.2 Å². The first-order valence-electron chi connectivity index (χ1n) is 8.79. The molecule has 1 aromatic carbocycles. The number of hydrogen-bond donors (Lipinski definition) is 1. The van der Waals surface area contributed by atoms with Crippen molar-refractivity contribution in [3.8, 4) is 5.75 Å². The number of nitrogens with zero attached hydrogens (tertiary/aromatic N) is 4. The van der Waals surface area contributed by atoms with E-state index in [2.05, 4.69) is 16.3 Å². The minimum atomic E-state index is -0.457. The number of aromatic nitrogens is 3. The molecule has 7 nitrogen and oxygen atoms in total. The summed E-state index contributed by atoms with van der Waals surface area (Å²) in [5, 5.41) is 8.37. The summed E-state index contributed by atoms with van der Waals surface area (Å²) in [6.45, 7) is 2.58. The van der Waals surface area contributed by atoms with Crippen LogP contribution in [-0.4, -0.2) is 38.0 Å². The molecule has 0 radical (unpaired) electrons. The summed E-state index contributed by atoms with van der Waals surface area (Å²) in [4.78, 5) is 14.3. The second kappa shape index (κ2) is 8.90. The number of rotatable bonds is 8. The molecule has 1 aromatic heterocycles. The predicted octanol–water partition coefficient (Wildman–Crippen LogP) is 2.72. The molecule has 0 aliphatic heterocycles. The largest absolute Gasteiger partial charge is 0.482 e. The molecule has 0 bridgehead atoms. The van der Waals surface area contributed by atoms with E-state index in [1.165, 1.54) is 28.6 Å². The lowest BCUT2D eigenvalue weighted by molar-refractivity contribution is -0.126. The summed E-state index contributed by atoms with van der Waals surface area (Å²) in [7, 11) is 0. The van der Waals surface area contributed by atoms with Crippen LogP contribution >= 0.6 is 11.8 Å². The van der Waals surface area contributed by atoms with Crippen LogP contribution in [0.3, 0.4) is 0 Å². The maximum Gasteiger partial charge on any atom is 0.237 e. The van der Waals surface area contributed by atoms with Gasteiger partial charge < -0.3 is 15.5 Å². The molecule has 1 amide bonds. The number of nitrogen functional groups attached to an aromatic ring is 1. The van der Waals surface area contributed by atoms with E-state index in [0.717, 1.165) is 25.0 Å². The number of thioether (sulfide) groups is 1. The van der Waals surface area contributed by atoms with E-state index >= 15 is 0 Å². The Bertz CT molecular complexity index is 839. The van der Waals surface area contributed by atoms with Crippen molar-refractivity contribution >= 4 is 17.7 Å². The van der Waals surface area contributed by atoms with Crippen LogP contribution in [0, 0.1) is 5.82 Å². The number of hydrogen-bond acceptors (Lipinski definition) is 6. The second-order valence-electron chi connectivity index (χ2n) is 6.00. The highest BCUT2D eigenvalue weighted by atomic mass is 32.2. The number of halogens is 1. The third kappa shape index (κ3) is 4.60. The van der Waals surface area contributed by atoms with E-state index in [1.54, 1.807) is 17.0 Å². The van der Waals surface area contributed by atoms with Crippen molar-refractivity contribution in [1.29, 1.82) is 0 Å². The highest BCUT2D eigenvalue weighted by Crippen LogP contribution is 2.23. The number of amides is 1. The highest BCUT2D eigenvalue weighted by Gasteiger charge is 2.20. The van der Waals surface area contributed by atoms with Gasteiger partial charge in [0.05, 0.1) is 5.75 Å². The lowest BCUT2D eigenvalue weighted by atomic mass is 10.3. The zero-order valence-corrected chi connectivity index (χ0v) is 15.9. The topological polar surface area (TPSA) is 86.3 Å². The summed E-state index contributed by atoms with van der Waals surface area (Å²) in [5.41, 5.74) is 1.09. The molecule has 0 unspecified atom stereocenters. The minimum Gasteiger partial charge on any atom is -0.482 e. The monoisotopic (exact) mass is 391 g/mol. The van der Waals surface area contributed by atoms with Gasteiger partial charge in [-0.1, -0.05) is 30.0 Å². The fraction of sp³-hybridized carbons (Fsp3) is 0.389. The van der Waals surface area contributed by atoms with Crippen molar-refractivity contribution in [3.63, 3.8) is 0 Å². The molecule has 144 valence electrons. The second-order valence-corrected chi connectivity index (χ2v) is 6.94. The summed E-state index contributed by atoms with van der Waals surface area (Å²) < 4.78 is 20.3. The smallest absolute Gasteiger partial charge is 0.237 e. The number of benzene rings is 1. The summed E-state index contributed by atoms with van der Waals surface area (Å²) in [5.74, 6) is 6.23. The van der Waals surface area contributed by atoms with Gasteiger partial charge in [-0.05, 0) is 38.3 Å².